The fraction of sp³-hybridized carbons (Fsp3) is 0.955. The largest absolute Gasteiger partial charge is 0.466 e. The molecule has 6 nitrogen and oxygen atoms in total. The minimum atomic E-state index is -0.0411. The van der Waals surface area contributed by atoms with Crippen molar-refractivity contribution in [1.82, 2.24) is 4.90 Å². The lowest BCUT2D eigenvalue weighted by Crippen LogP contribution is -2.38. The second-order valence-electron chi connectivity index (χ2n) is 15.2. The van der Waals surface area contributed by atoms with Crippen molar-refractivity contribution < 1.29 is 24.2 Å². The number of carbonyl (C=O) groups excluding carboxylic acids is 2. The van der Waals surface area contributed by atoms with E-state index >= 15 is 0 Å². The fourth-order valence-corrected chi connectivity index (χ4v) is 7.16. The van der Waals surface area contributed by atoms with Gasteiger partial charge in [-0.1, -0.05) is 156 Å². The quantitative estimate of drug-likeness (QED) is 0.0504. The zero-order chi connectivity index (χ0) is 36.8. The Morgan fingerprint density at radius 2 is 0.940 bits per heavy atom. The van der Waals surface area contributed by atoms with Crippen molar-refractivity contribution in [3.63, 3.8) is 0 Å². The van der Waals surface area contributed by atoms with Crippen LogP contribution >= 0.6 is 0 Å². The van der Waals surface area contributed by atoms with Crippen molar-refractivity contribution in [2.45, 2.75) is 245 Å². The number of unbranched alkanes of at least 4 members (excludes halogenated alkanes) is 20. The molecule has 0 aromatic rings. The third kappa shape index (κ3) is 32.7. The summed E-state index contributed by atoms with van der Waals surface area (Å²) in [5.74, 6) is -0.0289. The third-order valence-corrected chi connectivity index (χ3v) is 10.3. The smallest absolute Gasteiger partial charge is 0.306 e. The second-order valence-corrected chi connectivity index (χ2v) is 15.2. The maximum atomic E-state index is 12.8. The third-order valence-electron chi connectivity index (χ3n) is 10.3. The summed E-state index contributed by atoms with van der Waals surface area (Å²) < 4.78 is 11.5. The molecule has 50 heavy (non-hydrogen) atoms. The molecular weight excluding hydrogens is 622 g/mol. The van der Waals surface area contributed by atoms with E-state index in [0.717, 1.165) is 109 Å². The Balaban J connectivity index is 4.31. The van der Waals surface area contributed by atoms with Crippen LogP contribution in [0.2, 0.25) is 0 Å². The molecular formula is C44H87NO5. The van der Waals surface area contributed by atoms with Gasteiger partial charge in [-0.15, -0.1) is 0 Å². The predicted octanol–water partition coefficient (Wildman–Crippen LogP) is 12.7. The van der Waals surface area contributed by atoms with Crippen LogP contribution in [0.1, 0.15) is 233 Å². The molecule has 0 aromatic heterocycles. The van der Waals surface area contributed by atoms with Gasteiger partial charge in [-0.25, -0.2) is 0 Å². The van der Waals surface area contributed by atoms with Crippen molar-refractivity contribution in [3.8, 4) is 0 Å². The molecule has 0 aliphatic heterocycles. The number of ether oxygens (including phenoxy) is 2. The lowest BCUT2D eigenvalue weighted by molar-refractivity contribution is -0.150. The Morgan fingerprint density at radius 1 is 0.480 bits per heavy atom. The van der Waals surface area contributed by atoms with E-state index in [4.69, 9.17) is 9.47 Å². The van der Waals surface area contributed by atoms with Gasteiger partial charge in [0.2, 0.25) is 0 Å². The van der Waals surface area contributed by atoms with Crippen LogP contribution in [0.3, 0.4) is 0 Å². The van der Waals surface area contributed by atoms with Gasteiger partial charge in [-0.3, -0.25) is 14.5 Å². The zero-order valence-corrected chi connectivity index (χ0v) is 34.1. The van der Waals surface area contributed by atoms with Crippen LogP contribution in [0.25, 0.3) is 0 Å². The first kappa shape index (κ1) is 48.9. The summed E-state index contributed by atoms with van der Waals surface area (Å²) in [7, 11) is 0. The van der Waals surface area contributed by atoms with Crippen molar-refractivity contribution in [1.29, 1.82) is 0 Å². The van der Waals surface area contributed by atoms with Crippen molar-refractivity contribution in [2.24, 2.45) is 0 Å². The number of esters is 2. The van der Waals surface area contributed by atoms with Gasteiger partial charge in [0.1, 0.15) is 6.10 Å². The Labute approximate surface area is 312 Å². The number of hydrogen-bond donors (Lipinski definition) is 1. The molecule has 298 valence electrons. The lowest BCUT2D eigenvalue weighted by atomic mass is 10.0. The molecule has 6 heteroatoms. The molecule has 0 saturated carbocycles. The Bertz CT molecular complexity index is 701. The lowest BCUT2D eigenvalue weighted by Gasteiger charge is -2.31. The highest BCUT2D eigenvalue weighted by Crippen LogP contribution is 2.20. The van der Waals surface area contributed by atoms with Crippen LogP contribution < -0.4 is 0 Å². The van der Waals surface area contributed by atoms with Gasteiger partial charge < -0.3 is 14.6 Å². The summed E-state index contributed by atoms with van der Waals surface area (Å²) in [5, 5.41) is 9.79. The van der Waals surface area contributed by atoms with Gasteiger partial charge in [0.05, 0.1) is 13.2 Å². The summed E-state index contributed by atoms with van der Waals surface area (Å²) in [6.45, 7) is 11.5. The molecule has 0 fully saturated rings. The molecule has 0 aliphatic rings. The van der Waals surface area contributed by atoms with Crippen molar-refractivity contribution in [2.75, 3.05) is 26.3 Å². The molecule has 0 aliphatic carbocycles. The zero-order valence-electron chi connectivity index (χ0n) is 34.1. The molecule has 1 N–H and O–H groups in total. The van der Waals surface area contributed by atoms with E-state index < -0.39 is 0 Å². The van der Waals surface area contributed by atoms with Crippen LogP contribution in [0.4, 0.5) is 0 Å². The number of aliphatic hydroxyl groups excluding tert-OH is 1. The van der Waals surface area contributed by atoms with E-state index in [9.17, 15) is 14.7 Å². The molecule has 1 unspecified atom stereocenters. The highest BCUT2D eigenvalue weighted by molar-refractivity contribution is 5.69. The molecule has 0 rings (SSSR count). The van der Waals surface area contributed by atoms with Crippen LogP contribution in [0.5, 0.6) is 0 Å². The Morgan fingerprint density at radius 3 is 1.50 bits per heavy atom. The van der Waals surface area contributed by atoms with Gasteiger partial charge in [0.15, 0.2) is 0 Å². The standard InChI is InChI=1S/C44H87NO5/c1-5-9-12-15-18-25-33-42(34-26-19-16-13-10-6-2)50-44(48)36-27-20-17-21-29-37-45(38-39-46)41(31-8-4)32-24-23-28-35-43(47)49-40-30-22-14-11-7-3/h41-42,46H,5-40H2,1-4H3. The molecule has 0 heterocycles. The number of carbonyl (C=O) groups is 2. The average Bonchev–Trinajstić information content (AvgIpc) is 3.11. The summed E-state index contributed by atoms with van der Waals surface area (Å²) in [6.07, 6.45) is 36.4. The van der Waals surface area contributed by atoms with E-state index in [-0.39, 0.29) is 24.6 Å². The first-order valence-corrected chi connectivity index (χ1v) is 22.2. The molecule has 0 aromatic carbocycles. The Hall–Kier alpha value is -1.14. The van der Waals surface area contributed by atoms with Crippen LogP contribution in [0, 0.1) is 0 Å². The van der Waals surface area contributed by atoms with Crippen molar-refractivity contribution >= 4 is 11.9 Å². The highest BCUT2D eigenvalue weighted by atomic mass is 16.5. The van der Waals surface area contributed by atoms with Crippen LogP contribution in [0.15, 0.2) is 0 Å². The van der Waals surface area contributed by atoms with E-state index in [0.29, 0.717) is 25.5 Å². The van der Waals surface area contributed by atoms with E-state index in [1.807, 2.05) is 0 Å². The van der Waals surface area contributed by atoms with Crippen LogP contribution in [-0.2, 0) is 19.1 Å². The highest BCUT2D eigenvalue weighted by Gasteiger charge is 2.17. The maximum absolute atomic E-state index is 12.8. The van der Waals surface area contributed by atoms with Gasteiger partial charge >= 0.3 is 11.9 Å². The number of nitrogens with zero attached hydrogens (tertiary/aromatic N) is 1. The summed E-state index contributed by atoms with van der Waals surface area (Å²) in [6, 6.07) is 0.498. The van der Waals surface area contributed by atoms with Crippen LogP contribution in [-0.4, -0.2) is 60.4 Å². The number of hydrogen-bond acceptors (Lipinski definition) is 6. The van der Waals surface area contributed by atoms with Gasteiger partial charge in [0.25, 0.3) is 0 Å². The number of rotatable bonds is 40. The molecule has 0 spiro atoms. The van der Waals surface area contributed by atoms with Gasteiger partial charge in [-0.05, 0) is 70.8 Å². The minimum Gasteiger partial charge on any atom is -0.466 e. The SMILES string of the molecule is CCCCCCCCC(CCCCCCCC)OC(=O)CCCCCCCN(CCO)C(CCC)CCCCCC(=O)OCCCCCCC. The summed E-state index contributed by atoms with van der Waals surface area (Å²) in [4.78, 5) is 27.3. The molecule has 0 bridgehead atoms. The van der Waals surface area contributed by atoms with E-state index in [1.165, 1.54) is 96.3 Å². The van der Waals surface area contributed by atoms with Gasteiger partial charge in [0, 0.05) is 25.4 Å². The number of aliphatic hydroxyl groups is 1. The monoisotopic (exact) mass is 710 g/mol. The summed E-state index contributed by atoms with van der Waals surface area (Å²) in [5.41, 5.74) is 0. The second kappa shape index (κ2) is 39.1. The van der Waals surface area contributed by atoms with Gasteiger partial charge in [-0.2, -0.15) is 0 Å². The first-order chi connectivity index (χ1) is 24.5. The first-order valence-electron chi connectivity index (χ1n) is 22.2. The maximum Gasteiger partial charge on any atom is 0.306 e. The minimum absolute atomic E-state index is 0.0122. The molecule has 1 atom stereocenters. The molecule has 0 radical (unpaired) electrons. The van der Waals surface area contributed by atoms with E-state index in [2.05, 4.69) is 32.6 Å². The predicted molar refractivity (Wildman–Crippen MR) is 214 cm³/mol. The molecule has 0 saturated heterocycles. The topological polar surface area (TPSA) is 76.1 Å². The van der Waals surface area contributed by atoms with E-state index in [1.54, 1.807) is 0 Å². The summed E-state index contributed by atoms with van der Waals surface area (Å²) >= 11 is 0. The molecule has 0 amide bonds. The normalized spacial score (nSPS) is 12.2. The fourth-order valence-electron chi connectivity index (χ4n) is 7.16. The Kier molecular flexibility index (Phi) is 38.2. The van der Waals surface area contributed by atoms with Crippen molar-refractivity contribution in [3.05, 3.63) is 0 Å². The average molecular weight is 710 g/mol.